The van der Waals surface area contributed by atoms with Crippen LogP contribution in [0.15, 0.2) is 0 Å². The molecule has 0 aliphatic heterocycles. The molecular formula is C12H26. The van der Waals surface area contributed by atoms with E-state index in [9.17, 15) is 0 Å². The van der Waals surface area contributed by atoms with Crippen LogP contribution in [0.3, 0.4) is 0 Å². The summed E-state index contributed by atoms with van der Waals surface area (Å²) in [4.78, 5) is 0. The Morgan fingerprint density at radius 2 is 1.33 bits per heavy atom. The van der Waals surface area contributed by atoms with Crippen molar-refractivity contribution in [3.63, 3.8) is 0 Å². The van der Waals surface area contributed by atoms with Crippen molar-refractivity contribution in [2.24, 2.45) is 11.3 Å². The molecule has 2 aliphatic carbocycles. The molecule has 0 nitrogen and oxygen atoms in total. The maximum Gasteiger partial charge on any atom is -0.0292 e. The lowest BCUT2D eigenvalue weighted by molar-refractivity contribution is -0.0161. The van der Waals surface area contributed by atoms with Gasteiger partial charge in [-0.15, -0.1) is 0 Å². The molecule has 2 saturated carbocycles. The summed E-state index contributed by atoms with van der Waals surface area (Å²) in [5.74, 6) is 1.07. The van der Waals surface area contributed by atoms with Crippen LogP contribution in [0.2, 0.25) is 0 Å². The molecule has 0 amide bonds. The zero-order chi connectivity index (χ0) is 9.61. The molecule has 2 aliphatic rings. The van der Waals surface area contributed by atoms with Crippen LogP contribution in [-0.2, 0) is 0 Å². The van der Waals surface area contributed by atoms with Gasteiger partial charge in [-0.05, 0) is 37.0 Å². The van der Waals surface area contributed by atoms with Gasteiger partial charge in [0.15, 0.2) is 0 Å². The normalized spacial score (nSPS) is 23.8. The maximum absolute atomic E-state index is 2.38. The fraction of sp³-hybridized carbons (Fsp3) is 1.00. The minimum Gasteiger partial charge on any atom is -0.0683 e. The van der Waals surface area contributed by atoms with Crippen LogP contribution in [0, 0.1) is 11.3 Å². The van der Waals surface area contributed by atoms with Crippen LogP contribution in [0.4, 0.5) is 0 Å². The van der Waals surface area contributed by atoms with Crippen LogP contribution < -0.4 is 0 Å². The minimum absolute atomic E-state index is 0.916. The smallest absolute Gasteiger partial charge is 0.0292 e. The van der Waals surface area contributed by atoms with E-state index in [0.29, 0.717) is 0 Å². The lowest BCUT2D eigenvalue weighted by Gasteiger charge is -2.53. The lowest BCUT2D eigenvalue weighted by Crippen LogP contribution is -2.41. The van der Waals surface area contributed by atoms with Gasteiger partial charge in [-0.2, -0.15) is 0 Å². The molecule has 0 heterocycles. The highest BCUT2D eigenvalue weighted by Gasteiger charge is 2.45. The highest BCUT2D eigenvalue weighted by Crippen LogP contribution is 2.58. The summed E-state index contributed by atoms with van der Waals surface area (Å²) in [6.07, 6.45) is 7.72. The standard InChI is InChI=1S/C8H14.2C2H6/c1-7-5-8(6-7)3-2-4-8;2*1-2/h7H,2-6H2,1H3;2*1-2H3. The third-order valence-electron chi connectivity index (χ3n) is 2.98. The predicted octanol–water partition coefficient (Wildman–Crippen LogP) is 4.64. The molecule has 0 radical (unpaired) electrons. The number of hydrogen-bond acceptors (Lipinski definition) is 0. The molecule has 0 aromatic heterocycles. The van der Waals surface area contributed by atoms with Crippen molar-refractivity contribution in [2.75, 3.05) is 0 Å². The van der Waals surface area contributed by atoms with Crippen molar-refractivity contribution in [3.8, 4) is 0 Å². The molecule has 0 aromatic carbocycles. The molecule has 0 unspecified atom stereocenters. The van der Waals surface area contributed by atoms with Gasteiger partial charge in [0.1, 0.15) is 0 Å². The number of hydrogen-bond donors (Lipinski definition) is 0. The SMILES string of the molecule is CC.CC.CC1CC2(CCC2)C1. The summed E-state index contributed by atoms with van der Waals surface area (Å²) in [5, 5.41) is 0. The molecule has 0 N–H and O–H groups in total. The quantitative estimate of drug-likeness (QED) is 0.497. The van der Waals surface area contributed by atoms with E-state index >= 15 is 0 Å². The molecule has 2 rings (SSSR count). The van der Waals surface area contributed by atoms with Gasteiger partial charge in [0.2, 0.25) is 0 Å². The van der Waals surface area contributed by atoms with Crippen LogP contribution in [0.25, 0.3) is 0 Å². The Morgan fingerprint density at radius 3 is 1.42 bits per heavy atom. The monoisotopic (exact) mass is 170 g/mol. The van der Waals surface area contributed by atoms with Gasteiger partial charge in [-0.1, -0.05) is 41.0 Å². The minimum atomic E-state index is 0.916. The van der Waals surface area contributed by atoms with E-state index in [0.717, 1.165) is 11.3 Å². The van der Waals surface area contributed by atoms with E-state index in [4.69, 9.17) is 0 Å². The lowest BCUT2D eigenvalue weighted by atomic mass is 9.52. The first-order valence-electron chi connectivity index (χ1n) is 5.81. The molecule has 74 valence electrons. The Labute approximate surface area is 78.8 Å². The second-order valence-corrected chi connectivity index (χ2v) is 3.87. The van der Waals surface area contributed by atoms with Crippen molar-refractivity contribution >= 4 is 0 Å². The fourth-order valence-electron chi connectivity index (χ4n) is 2.50. The third kappa shape index (κ3) is 2.50. The summed E-state index contributed by atoms with van der Waals surface area (Å²) in [7, 11) is 0. The van der Waals surface area contributed by atoms with E-state index in [1.165, 1.54) is 6.42 Å². The van der Waals surface area contributed by atoms with E-state index in [2.05, 4.69) is 6.92 Å². The van der Waals surface area contributed by atoms with Gasteiger partial charge in [0, 0.05) is 0 Å². The zero-order valence-electron chi connectivity index (χ0n) is 9.61. The molecule has 0 heteroatoms. The molecule has 0 saturated heterocycles. The summed E-state index contributed by atoms with van der Waals surface area (Å²) < 4.78 is 0. The highest BCUT2D eigenvalue weighted by molar-refractivity contribution is 4.97. The van der Waals surface area contributed by atoms with Gasteiger partial charge in [-0.3, -0.25) is 0 Å². The zero-order valence-corrected chi connectivity index (χ0v) is 9.61. The topological polar surface area (TPSA) is 0 Å². The van der Waals surface area contributed by atoms with Crippen molar-refractivity contribution in [1.29, 1.82) is 0 Å². The summed E-state index contributed by atoms with van der Waals surface area (Å²) >= 11 is 0. The first-order chi connectivity index (χ1) is 5.81. The maximum atomic E-state index is 2.38. The van der Waals surface area contributed by atoms with E-state index in [1.54, 1.807) is 25.7 Å². The third-order valence-corrected chi connectivity index (χ3v) is 2.98. The van der Waals surface area contributed by atoms with Gasteiger partial charge >= 0.3 is 0 Å². The molecule has 0 bridgehead atoms. The Bertz CT molecular complexity index is 92.6. The predicted molar refractivity (Wildman–Crippen MR) is 57.4 cm³/mol. The van der Waals surface area contributed by atoms with Crippen LogP contribution >= 0.6 is 0 Å². The molecule has 2 fully saturated rings. The van der Waals surface area contributed by atoms with E-state index in [-0.39, 0.29) is 0 Å². The van der Waals surface area contributed by atoms with Crippen LogP contribution in [0.5, 0.6) is 0 Å². The molecule has 0 aromatic rings. The molecule has 1 spiro atoms. The van der Waals surface area contributed by atoms with E-state index < -0.39 is 0 Å². The average molecular weight is 170 g/mol. The second kappa shape index (κ2) is 5.61. The largest absolute Gasteiger partial charge is 0.0683 e. The molecular weight excluding hydrogens is 144 g/mol. The fourth-order valence-corrected chi connectivity index (χ4v) is 2.50. The first-order valence-corrected chi connectivity index (χ1v) is 5.81. The van der Waals surface area contributed by atoms with Gasteiger partial charge < -0.3 is 0 Å². The van der Waals surface area contributed by atoms with Gasteiger partial charge in [0.05, 0.1) is 0 Å². The van der Waals surface area contributed by atoms with Crippen LogP contribution in [-0.4, -0.2) is 0 Å². The Morgan fingerprint density at radius 1 is 0.917 bits per heavy atom. The molecule has 0 atom stereocenters. The Balaban J connectivity index is 0.000000269. The van der Waals surface area contributed by atoms with Gasteiger partial charge in [0.25, 0.3) is 0 Å². The first kappa shape index (κ1) is 12.0. The summed E-state index contributed by atoms with van der Waals surface area (Å²) in [6.45, 7) is 10.4. The van der Waals surface area contributed by atoms with Crippen molar-refractivity contribution in [2.45, 2.75) is 66.7 Å². The van der Waals surface area contributed by atoms with Crippen molar-refractivity contribution in [3.05, 3.63) is 0 Å². The van der Waals surface area contributed by atoms with Crippen LogP contribution in [0.1, 0.15) is 66.7 Å². The number of rotatable bonds is 0. The average Bonchev–Trinajstić information content (AvgIpc) is 2.03. The Hall–Kier alpha value is 0. The molecule has 12 heavy (non-hydrogen) atoms. The van der Waals surface area contributed by atoms with Gasteiger partial charge in [-0.25, -0.2) is 0 Å². The summed E-state index contributed by atoms with van der Waals surface area (Å²) in [5.41, 5.74) is 0.916. The Kier molecular flexibility index (Phi) is 5.61. The second-order valence-electron chi connectivity index (χ2n) is 3.87. The van der Waals surface area contributed by atoms with Crippen molar-refractivity contribution in [1.82, 2.24) is 0 Å². The van der Waals surface area contributed by atoms with Crippen molar-refractivity contribution < 1.29 is 0 Å². The summed E-state index contributed by atoms with van der Waals surface area (Å²) in [6, 6.07) is 0. The van der Waals surface area contributed by atoms with E-state index in [1.807, 2.05) is 27.7 Å². The highest BCUT2D eigenvalue weighted by atomic mass is 14.5.